The van der Waals surface area contributed by atoms with E-state index in [2.05, 4.69) is 44.9 Å². The number of nitrogens with one attached hydrogen (secondary N) is 1. The second-order valence-electron chi connectivity index (χ2n) is 5.81. The average Bonchev–Trinajstić information content (AvgIpc) is 3.12. The highest BCUT2D eigenvalue weighted by Crippen LogP contribution is 2.21. The Morgan fingerprint density at radius 2 is 2.17 bits per heavy atom. The van der Waals surface area contributed by atoms with E-state index in [1.54, 1.807) is 11.3 Å². The van der Waals surface area contributed by atoms with Crippen LogP contribution in [-0.2, 0) is 6.54 Å². The zero-order chi connectivity index (χ0) is 16.2. The van der Waals surface area contributed by atoms with Gasteiger partial charge >= 0.3 is 0 Å². The molecule has 23 heavy (non-hydrogen) atoms. The van der Waals surface area contributed by atoms with Gasteiger partial charge in [-0.2, -0.15) is 0 Å². The van der Waals surface area contributed by atoms with Crippen molar-refractivity contribution in [1.29, 1.82) is 0 Å². The van der Waals surface area contributed by atoms with E-state index in [1.807, 2.05) is 29.6 Å². The molecule has 1 aliphatic heterocycles. The van der Waals surface area contributed by atoms with Crippen molar-refractivity contribution in [2.24, 2.45) is 0 Å². The molecule has 4 nitrogen and oxygen atoms in total. The van der Waals surface area contributed by atoms with Crippen LogP contribution < -0.4 is 5.32 Å². The van der Waals surface area contributed by atoms with E-state index in [0.29, 0.717) is 25.1 Å². The molecule has 1 aromatic carbocycles. The summed E-state index contributed by atoms with van der Waals surface area (Å²) >= 11 is 3.79. The zero-order valence-corrected chi connectivity index (χ0v) is 15.6. The van der Waals surface area contributed by atoms with Crippen LogP contribution in [0.15, 0.2) is 41.8 Å². The molecule has 0 aliphatic carbocycles. The molecule has 1 saturated heterocycles. The van der Waals surface area contributed by atoms with Crippen LogP contribution in [0.3, 0.4) is 0 Å². The topological polar surface area (TPSA) is 52.6 Å². The van der Waals surface area contributed by atoms with E-state index in [-0.39, 0.29) is 18.1 Å². The third kappa shape index (κ3) is 4.53. The van der Waals surface area contributed by atoms with Crippen molar-refractivity contribution in [3.63, 3.8) is 0 Å². The highest BCUT2D eigenvalue weighted by atomic mass is 127. The molecule has 1 aromatic heterocycles. The number of benzene rings is 1. The van der Waals surface area contributed by atoms with E-state index in [4.69, 9.17) is 0 Å². The molecule has 1 amide bonds. The third-order valence-electron chi connectivity index (χ3n) is 4.06. The van der Waals surface area contributed by atoms with Crippen molar-refractivity contribution in [3.05, 3.63) is 55.8 Å². The summed E-state index contributed by atoms with van der Waals surface area (Å²) in [5.74, 6) is -0.0368. The molecule has 0 unspecified atom stereocenters. The summed E-state index contributed by atoms with van der Waals surface area (Å²) in [5, 5.41) is 14.9. The summed E-state index contributed by atoms with van der Waals surface area (Å²) in [6.07, 6.45) is 0.386. The Kier molecular flexibility index (Phi) is 5.68. The predicted molar refractivity (Wildman–Crippen MR) is 101 cm³/mol. The molecule has 2 aromatic rings. The highest BCUT2D eigenvalue weighted by molar-refractivity contribution is 14.1. The van der Waals surface area contributed by atoms with Crippen LogP contribution in [0.4, 0.5) is 0 Å². The van der Waals surface area contributed by atoms with Gasteiger partial charge in [-0.3, -0.25) is 9.69 Å². The average molecular weight is 442 g/mol. The number of likely N-dealkylation sites (tertiary alicyclic amines) is 1. The fourth-order valence-corrected chi connectivity index (χ4v) is 4.25. The molecule has 2 atom stereocenters. The molecule has 0 spiro atoms. The summed E-state index contributed by atoms with van der Waals surface area (Å²) in [6, 6.07) is 12.3. The molecule has 6 heteroatoms. The Bertz CT molecular complexity index is 662. The number of hydrogen-bond donors (Lipinski definition) is 2. The minimum Gasteiger partial charge on any atom is -0.392 e. The number of carbonyl (C=O) groups excluding carboxylic acids is 1. The fourth-order valence-electron chi connectivity index (χ4n) is 2.92. The molecule has 0 bridgehead atoms. The highest BCUT2D eigenvalue weighted by Gasteiger charge is 2.31. The second-order valence-corrected chi connectivity index (χ2v) is 8.61. The fraction of sp³-hybridized carbons (Fsp3) is 0.353. The van der Waals surface area contributed by atoms with Gasteiger partial charge in [0.1, 0.15) is 0 Å². The van der Waals surface area contributed by atoms with Crippen LogP contribution in [0.25, 0.3) is 0 Å². The van der Waals surface area contributed by atoms with Gasteiger partial charge in [-0.05, 0) is 40.6 Å². The third-order valence-corrected chi connectivity index (χ3v) is 5.85. The summed E-state index contributed by atoms with van der Waals surface area (Å²) in [5.41, 5.74) is 1.94. The maximum absolute atomic E-state index is 12.2. The van der Waals surface area contributed by atoms with Gasteiger partial charge in [0.15, 0.2) is 0 Å². The Balaban J connectivity index is 1.58. The van der Waals surface area contributed by atoms with Crippen molar-refractivity contribution in [3.8, 4) is 0 Å². The quantitative estimate of drug-likeness (QED) is 0.701. The Morgan fingerprint density at radius 1 is 1.39 bits per heavy atom. The minimum absolute atomic E-state index is 0.0368. The Labute approximate surface area is 153 Å². The minimum atomic E-state index is -0.317. The van der Waals surface area contributed by atoms with Crippen LogP contribution in [0.1, 0.15) is 22.3 Å². The van der Waals surface area contributed by atoms with Crippen molar-refractivity contribution < 1.29 is 9.90 Å². The van der Waals surface area contributed by atoms with Crippen LogP contribution in [0.5, 0.6) is 0 Å². The van der Waals surface area contributed by atoms with Gasteiger partial charge in [0.25, 0.3) is 5.91 Å². The van der Waals surface area contributed by atoms with E-state index < -0.39 is 0 Å². The van der Waals surface area contributed by atoms with E-state index in [1.165, 1.54) is 5.56 Å². The number of rotatable bonds is 5. The molecule has 1 fully saturated rings. The normalized spacial score (nSPS) is 21.5. The molecule has 122 valence electrons. The lowest BCUT2D eigenvalue weighted by atomic mass is 10.1. The van der Waals surface area contributed by atoms with Crippen molar-refractivity contribution >= 4 is 39.8 Å². The molecule has 2 heterocycles. The number of nitrogens with zero attached hydrogens (tertiary/aromatic N) is 1. The van der Waals surface area contributed by atoms with Crippen LogP contribution in [0.2, 0.25) is 0 Å². The maximum atomic E-state index is 12.2. The van der Waals surface area contributed by atoms with Crippen LogP contribution in [0, 0.1) is 2.88 Å². The summed E-state index contributed by atoms with van der Waals surface area (Å²) < 4.78 is 1.11. The maximum Gasteiger partial charge on any atom is 0.252 e. The lowest BCUT2D eigenvalue weighted by molar-refractivity contribution is 0.0940. The van der Waals surface area contributed by atoms with E-state index in [9.17, 15) is 9.90 Å². The number of β-amino-alcohol motifs (C(OH)–C–C–N with tert-alkyl or cyclic N) is 1. The lowest BCUT2D eigenvalue weighted by Gasteiger charge is -2.24. The zero-order valence-electron chi connectivity index (χ0n) is 12.6. The molecule has 3 rings (SSSR count). The first-order valence-corrected chi connectivity index (χ1v) is 9.56. The largest absolute Gasteiger partial charge is 0.392 e. The summed E-state index contributed by atoms with van der Waals surface area (Å²) in [6.45, 7) is 2.02. The van der Waals surface area contributed by atoms with Gasteiger partial charge in [0, 0.05) is 31.1 Å². The molecule has 0 radical (unpaired) electrons. The van der Waals surface area contributed by atoms with Gasteiger partial charge in [0.2, 0.25) is 0 Å². The standard InChI is InChI=1S/C17H19IN2O2S/c18-16-6-13(11-23-16)17(22)19-8-14-7-15(21)10-20(14)9-12-4-2-1-3-5-12/h1-6,11,14-15,21H,7-10H2,(H,19,22)/t14-,15-/m0/s1. The smallest absolute Gasteiger partial charge is 0.252 e. The van der Waals surface area contributed by atoms with Crippen molar-refractivity contribution in [2.75, 3.05) is 13.1 Å². The van der Waals surface area contributed by atoms with Crippen molar-refractivity contribution in [1.82, 2.24) is 10.2 Å². The SMILES string of the molecule is O=C(NC[C@@H]1C[C@H](O)CN1Cc1ccccc1)c1csc(I)c1. The van der Waals surface area contributed by atoms with Gasteiger partial charge in [-0.15, -0.1) is 11.3 Å². The number of hydrogen-bond acceptors (Lipinski definition) is 4. The molecule has 1 aliphatic rings. The van der Waals surface area contributed by atoms with Crippen LogP contribution in [-0.4, -0.2) is 41.1 Å². The second kappa shape index (κ2) is 7.74. The number of carbonyl (C=O) groups is 1. The number of aliphatic hydroxyl groups excluding tert-OH is 1. The van der Waals surface area contributed by atoms with E-state index in [0.717, 1.165) is 9.43 Å². The van der Waals surface area contributed by atoms with Gasteiger partial charge in [-0.1, -0.05) is 30.3 Å². The monoisotopic (exact) mass is 442 g/mol. The first-order valence-electron chi connectivity index (χ1n) is 7.60. The first kappa shape index (κ1) is 16.9. The van der Waals surface area contributed by atoms with Gasteiger partial charge in [0.05, 0.1) is 14.6 Å². The lowest BCUT2D eigenvalue weighted by Crippen LogP contribution is -2.39. The molecule has 2 N–H and O–H groups in total. The number of aliphatic hydroxyl groups is 1. The first-order chi connectivity index (χ1) is 11.1. The van der Waals surface area contributed by atoms with Crippen LogP contribution >= 0.6 is 33.9 Å². The predicted octanol–water partition coefficient (Wildman–Crippen LogP) is 2.72. The van der Waals surface area contributed by atoms with E-state index >= 15 is 0 Å². The van der Waals surface area contributed by atoms with Crippen molar-refractivity contribution in [2.45, 2.75) is 25.1 Å². The molecular weight excluding hydrogens is 423 g/mol. The van der Waals surface area contributed by atoms with Gasteiger partial charge in [-0.25, -0.2) is 0 Å². The molecular formula is C17H19IN2O2S. The molecule has 0 saturated carbocycles. The Morgan fingerprint density at radius 3 is 2.87 bits per heavy atom. The summed E-state index contributed by atoms with van der Waals surface area (Å²) in [7, 11) is 0. The number of thiophene rings is 1. The number of halogens is 1. The summed E-state index contributed by atoms with van der Waals surface area (Å²) in [4.78, 5) is 14.4. The van der Waals surface area contributed by atoms with Gasteiger partial charge < -0.3 is 10.4 Å². The number of amides is 1. The Hall–Kier alpha value is -0.960.